The van der Waals surface area contributed by atoms with Crippen LogP contribution in [-0.4, -0.2) is 42.1 Å². The molecule has 1 heterocycles. The maximum Gasteiger partial charge on any atom is 0.416 e. The third-order valence-corrected chi connectivity index (χ3v) is 5.08. The topological polar surface area (TPSA) is 70.7 Å². The minimum atomic E-state index is -4.53. The number of alkyl halides is 3. The van der Waals surface area contributed by atoms with E-state index in [1.54, 1.807) is 4.90 Å². The van der Waals surface area contributed by atoms with E-state index in [9.17, 15) is 22.8 Å². The highest BCUT2D eigenvalue weighted by Crippen LogP contribution is 2.36. The number of nitrogens with one attached hydrogen (secondary N) is 2. The number of halogens is 3. The number of ether oxygens (including phenoxy) is 1. The number of amides is 3. The maximum absolute atomic E-state index is 13.1. The largest absolute Gasteiger partial charge is 0.485 e. The molecule has 0 atom stereocenters. The van der Waals surface area contributed by atoms with Crippen LogP contribution in [0.2, 0.25) is 0 Å². The summed E-state index contributed by atoms with van der Waals surface area (Å²) in [6.07, 6.45) is 0.0578. The Balaban J connectivity index is 1.70. The van der Waals surface area contributed by atoms with Gasteiger partial charge in [0.15, 0.2) is 0 Å². The minimum Gasteiger partial charge on any atom is -0.485 e. The third kappa shape index (κ3) is 5.08. The summed E-state index contributed by atoms with van der Waals surface area (Å²) in [7, 11) is 0. The molecule has 1 aromatic rings. The molecule has 2 aliphatic rings. The van der Waals surface area contributed by atoms with E-state index in [0.717, 1.165) is 44.2 Å². The summed E-state index contributed by atoms with van der Waals surface area (Å²) in [5.41, 5.74) is -0.906. The summed E-state index contributed by atoms with van der Waals surface area (Å²) in [5.74, 6) is 0.0671. The van der Waals surface area contributed by atoms with Crippen LogP contribution in [0, 0.1) is 0 Å². The zero-order valence-electron chi connectivity index (χ0n) is 15.6. The summed E-state index contributed by atoms with van der Waals surface area (Å²) < 4.78 is 44.9. The van der Waals surface area contributed by atoms with Gasteiger partial charge >= 0.3 is 12.2 Å². The van der Waals surface area contributed by atoms with Crippen LogP contribution in [0.15, 0.2) is 18.2 Å². The zero-order chi connectivity index (χ0) is 20.3. The number of urea groups is 1. The second kappa shape index (κ2) is 8.28. The molecule has 0 bridgehead atoms. The highest BCUT2D eigenvalue weighted by Gasteiger charge is 2.34. The van der Waals surface area contributed by atoms with E-state index in [2.05, 4.69) is 10.6 Å². The lowest BCUT2D eigenvalue weighted by atomic mass is 9.96. The van der Waals surface area contributed by atoms with Crippen molar-refractivity contribution in [3.05, 3.63) is 23.8 Å². The maximum atomic E-state index is 13.1. The van der Waals surface area contributed by atoms with E-state index in [-0.39, 0.29) is 29.5 Å². The van der Waals surface area contributed by atoms with Gasteiger partial charge in [-0.3, -0.25) is 4.79 Å². The molecule has 0 radical (unpaired) electrons. The number of hydrogen-bond donors (Lipinski definition) is 2. The van der Waals surface area contributed by atoms with E-state index in [1.165, 1.54) is 13.0 Å². The van der Waals surface area contributed by atoms with Crippen molar-refractivity contribution < 1.29 is 27.5 Å². The average Bonchev–Trinajstić information content (AvgIpc) is 2.58. The highest BCUT2D eigenvalue weighted by molar-refractivity contribution is 5.91. The van der Waals surface area contributed by atoms with Gasteiger partial charge in [-0.05, 0) is 31.0 Å². The summed E-state index contributed by atoms with van der Waals surface area (Å²) in [4.78, 5) is 25.1. The Morgan fingerprint density at radius 3 is 2.43 bits per heavy atom. The van der Waals surface area contributed by atoms with Crippen LogP contribution in [0.1, 0.15) is 44.6 Å². The SMILES string of the molecule is CC(=O)N1CC(Oc2ccc(C(F)(F)F)cc2NC(=O)NC2CCCCC2)C1. The van der Waals surface area contributed by atoms with Crippen LogP contribution in [-0.2, 0) is 11.0 Å². The standard InChI is InChI=1S/C19H24F3N3O3/c1-12(26)25-10-15(11-25)28-17-8-7-13(19(20,21)22)9-16(17)24-18(27)23-14-5-3-2-4-6-14/h7-9,14-15H,2-6,10-11H2,1H3,(H2,23,24,27). The Kier molecular flexibility index (Phi) is 6.00. The van der Waals surface area contributed by atoms with Gasteiger partial charge in [0.1, 0.15) is 11.9 Å². The molecule has 3 amide bonds. The summed E-state index contributed by atoms with van der Waals surface area (Å²) in [6, 6.07) is 2.47. The van der Waals surface area contributed by atoms with Gasteiger partial charge in [0.2, 0.25) is 5.91 Å². The molecule has 1 saturated heterocycles. The fraction of sp³-hybridized carbons (Fsp3) is 0.579. The normalized spacial score (nSPS) is 18.4. The lowest BCUT2D eigenvalue weighted by Gasteiger charge is -2.38. The third-order valence-electron chi connectivity index (χ3n) is 5.08. The molecule has 28 heavy (non-hydrogen) atoms. The number of anilines is 1. The molecule has 1 saturated carbocycles. The Labute approximate surface area is 161 Å². The van der Waals surface area contributed by atoms with Gasteiger partial charge in [0, 0.05) is 13.0 Å². The van der Waals surface area contributed by atoms with Gasteiger partial charge in [0.05, 0.1) is 24.3 Å². The molecule has 0 aromatic heterocycles. The second-order valence-electron chi connectivity index (χ2n) is 7.31. The first kappa shape index (κ1) is 20.3. The first-order valence-corrected chi connectivity index (χ1v) is 9.43. The summed E-state index contributed by atoms with van der Waals surface area (Å²) in [5, 5.41) is 5.32. The van der Waals surface area contributed by atoms with Crippen LogP contribution in [0.25, 0.3) is 0 Å². The molecule has 1 aliphatic carbocycles. The summed E-state index contributed by atoms with van der Waals surface area (Å²) in [6.45, 7) is 2.17. The molecule has 1 aromatic carbocycles. The molecular formula is C19H24F3N3O3. The molecule has 9 heteroatoms. The molecule has 0 spiro atoms. The van der Waals surface area contributed by atoms with Crippen molar-refractivity contribution in [2.24, 2.45) is 0 Å². The second-order valence-corrected chi connectivity index (χ2v) is 7.31. The van der Waals surface area contributed by atoms with E-state index in [1.807, 2.05) is 0 Å². The fourth-order valence-electron chi connectivity index (χ4n) is 3.45. The van der Waals surface area contributed by atoms with E-state index in [0.29, 0.717) is 13.1 Å². The lowest BCUT2D eigenvalue weighted by Crippen LogP contribution is -2.55. The van der Waals surface area contributed by atoms with Gasteiger partial charge in [-0.1, -0.05) is 19.3 Å². The number of rotatable bonds is 4. The number of benzene rings is 1. The van der Waals surface area contributed by atoms with Crippen LogP contribution >= 0.6 is 0 Å². The van der Waals surface area contributed by atoms with Gasteiger partial charge in [-0.15, -0.1) is 0 Å². The number of nitrogens with zero attached hydrogens (tertiary/aromatic N) is 1. The van der Waals surface area contributed by atoms with Crippen LogP contribution < -0.4 is 15.4 Å². The van der Waals surface area contributed by atoms with Crippen molar-refractivity contribution in [3.63, 3.8) is 0 Å². The predicted molar refractivity (Wildman–Crippen MR) is 97.1 cm³/mol. The molecule has 1 aliphatic heterocycles. The number of carbonyl (C=O) groups is 2. The highest BCUT2D eigenvalue weighted by atomic mass is 19.4. The molecule has 154 valence electrons. The lowest BCUT2D eigenvalue weighted by molar-refractivity contribution is -0.138. The Hall–Kier alpha value is -2.45. The minimum absolute atomic E-state index is 0.0275. The quantitative estimate of drug-likeness (QED) is 0.810. The zero-order valence-corrected chi connectivity index (χ0v) is 15.6. The van der Waals surface area contributed by atoms with E-state index >= 15 is 0 Å². The van der Waals surface area contributed by atoms with Crippen molar-refractivity contribution in [1.82, 2.24) is 10.2 Å². The first-order chi connectivity index (χ1) is 13.2. The Bertz CT molecular complexity index is 727. The monoisotopic (exact) mass is 399 g/mol. The molecule has 6 nitrogen and oxygen atoms in total. The Morgan fingerprint density at radius 2 is 1.82 bits per heavy atom. The van der Waals surface area contributed by atoms with Gasteiger partial charge in [0.25, 0.3) is 0 Å². The summed E-state index contributed by atoms with van der Waals surface area (Å²) >= 11 is 0. The van der Waals surface area contributed by atoms with E-state index < -0.39 is 17.8 Å². The van der Waals surface area contributed by atoms with Crippen molar-refractivity contribution in [3.8, 4) is 5.75 Å². The number of hydrogen-bond acceptors (Lipinski definition) is 3. The first-order valence-electron chi connectivity index (χ1n) is 9.43. The van der Waals surface area contributed by atoms with Gasteiger partial charge < -0.3 is 20.3 Å². The average molecular weight is 399 g/mol. The molecule has 0 unspecified atom stereocenters. The predicted octanol–water partition coefficient (Wildman–Crippen LogP) is 3.77. The van der Waals surface area contributed by atoms with Crippen LogP contribution in [0.4, 0.5) is 23.7 Å². The van der Waals surface area contributed by atoms with Crippen molar-refractivity contribution in [1.29, 1.82) is 0 Å². The molecule has 3 rings (SSSR count). The van der Waals surface area contributed by atoms with Crippen LogP contribution in [0.3, 0.4) is 0 Å². The fourth-order valence-corrected chi connectivity index (χ4v) is 3.45. The van der Waals surface area contributed by atoms with Gasteiger partial charge in [-0.2, -0.15) is 13.2 Å². The van der Waals surface area contributed by atoms with Crippen molar-refractivity contribution in [2.45, 2.75) is 57.3 Å². The van der Waals surface area contributed by atoms with Crippen LogP contribution in [0.5, 0.6) is 5.75 Å². The van der Waals surface area contributed by atoms with Crippen molar-refractivity contribution >= 4 is 17.6 Å². The van der Waals surface area contributed by atoms with Gasteiger partial charge in [-0.25, -0.2) is 4.79 Å². The number of carbonyl (C=O) groups excluding carboxylic acids is 2. The van der Waals surface area contributed by atoms with Crippen molar-refractivity contribution in [2.75, 3.05) is 18.4 Å². The molecular weight excluding hydrogens is 375 g/mol. The van der Waals surface area contributed by atoms with E-state index in [4.69, 9.17) is 4.74 Å². The number of likely N-dealkylation sites (tertiary alicyclic amines) is 1. The smallest absolute Gasteiger partial charge is 0.416 e. The Morgan fingerprint density at radius 1 is 1.14 bits per heavy atom. The molecule has 2 N–H and O–H groups in total. The molecule has 2 fully saturated rings.